The van der Waals surface area contributed by atoms with Crippen LogP contribution in [0.5, 0.6) is 0 Å². The summed E-state index contributed by atoms with van der Waals surface area (Å²) in [4.78, 5) is 19.2. The van der Waals surface area contributed by atoms with Crippen molar-refractivity contribution in [1.82, 2.24) is 15.0 Å². The molecule has 5 heteroatoms. The Morgan fingerprint density at radius 3 is 2.54 bits per heavy atom. The van der Waals surface area contributed by atoms with E-state index in [1.165, 1.54) is 0 Å². The minimum atomic E-state index is 0.0709. The van der Waals surface area contributed by atoms with Crippen LogP contribution in [0.2, 0.25) is 0 Å². The highest BCUT2D eigenvalue weighted by Gasteiger charge is 2.22. The van der Waals surface area contributed by atoms with E-state index in [-0.39, 0.29) is 5.91 Å². The number of piperidine rings is 1. The Morgan fingerprint density at radius 2 is 1.77 bits per heavy atom. The van der Waals surface area contributed by atoms with Gasteiger partial charge in [-0.1, -0.05) is 48.5 Å². The molecule has 132 valence electrons. The van der Waals surface area contributed by atoms with Crippen molar-refractivity contribution in [3.05, 3.63) is 60.2 Å². The smallest absolute Gasteiger partial charge is 0.258 e. The standard InChI is InChI=1S/C21H21N3O2/c1-15-10-12-24(13-11-15)21(25)18-9-5-8-17(14-18)20-22-19(23-26-20)16-6-3-2-4-7-16/h2-9,14-15H,10-13H2,1H3. The van der Waals surface area contributed by atoms with Gasteiger partial charge in [-0.15, -0.1) is 0 Å². The zero-order chi connectivity index (χ0) is 17.9. The van der Waals surface area contributed by atoms with Crippen molar-refractivity contribution in [2.45, 2.75) is 19.8 Å². The van der Waals surface area contributed by atoms with Gasteiger partial charge in [-0.3, -0.25) is 4.79 Å². The quantitative estimate of drug-likeness (QED) is 0.710. The van der Waals surface area contributed by atoms with Crippen LogP contribution in [0.3, 0.4) is 0 Å². The summed E-state index contributed by atoms with van der Waals surface area (Å²) in [6.07, 6.45) is 2.13. The van der Waals surface area contributed by atoms with Crippen LogP contribution in [0.4, 0.5) is 0 Å². The monoisotopic (exact) mass is 347 g/mol. The highest BCUT2D eigenvalue weighted by molar-refractivity contribution is 5.95. The number of hydrogen-bond donors (Lipinski definition) is 0. The van der Waals surface area contributed by atoms with Crippen LogP contribution in [0.1, 0.15) is 30.1 Å². The molecule has 3 aromatic rings. The number of hydrogen-bond acceptors (Lipinski definition) is 4. The molecule has 1 aliphatic rings. The maximum atomic E-state index is 12.8. The van der Waals surface area contributed by atoms with Crippen LogP contribution >= 0.6 is 0 Å². The van der Waals surface area contributed by atoms with E-state index in [2.05, 4.69) is 17.1 Å². The molecule has 1 aromatic heterocycles. The molecule has 4 rings (SSSR count). The highest BCUT2D eigenvalue weighted by Crippen LogP contribution is 2.24. The van der Waals surface area contributed by atoms with Crippen molar-refractivity contribution >= 4 is 5.91 Å². The number of nitrogens with zero attached hydrogens (tertiary/aromatic N) is 3. The second kappa shape index (κ2) is 7.12. The van der Waals surface area contributed by atoms with E-state index in [4.69, 9.17) is 4.52 Å². The van der Waals surface area contributed by atoms with E-state index < -0.39 is 0 Å². The summed E-state index contributed by atoms with van der Waals surface area (Å²) in [6, 6.07) is 17.1. The molecule has 0 atom stereocenters. The van der Waals surface area contributed by atoms with Gasteiger partial charge in [0.15, 0.2) is 0 Å². The molecule has 0 aliphatic carbocycles. The lowest BCUT2D eigenvalue weighted by Crippen LogP contribution is -2.37. The Hall–Kier alpha value is -2.95. The van der Waals surface area contributed by atoms with Gasteiger partial charge >= 0.3 is 0 Å². The topological polar surface area (TPSA) is 59.2 Å². The maximum Gasteiger partial charge on any atom is 0.258 e. The van der Waals surface area contributed by atoms with Gasteiger partial charge in [-0.25, -0.2) is 0 Å². The fourth-order valence-electron chi connectivity index (χ4n) is 3.22. The summed E-state index contributed by atoms with van der Waals surface area (Å²) in [5, 5.41) is 4.05. The summed E-state index contributed by atoms with van der Waals surface area (Å²) in [6.45, 7) is 3.88. The van der Waals surface area contributed by atoms with E-state index in [1.54, 1.807) is 0 Å². The third-order valence-electron chi connectivity index (χ3n) is 4.89. The number of aromatic nitrogens is 2. The van der Waals surface area contributed by atoms with Gasteiger partial charge in [-0.2, -0.15) is 4.98 Å². The van der Waals surface area contributed by atoms with Crippen LogP contribution in [-0.4, -0.2) is 34.0 Å². The number of likely N-dealkylation sites (tertiary alicyclic amines) is 1. The van der Waals surface area contributed by atoms with Crippen LogP contribution in [0.25, 0.3) is 22.8 Å². The summed E-state index contributed by atoms with van der Waals surface area (Å²) in [5.74, 6) is 1.73. The summed E-state index contributed by atoms with van der Waals surface area (Å²) in [5.41, 5.74) is 2.32. The van der Waals surface area contributed by atoms with Gasteiger partial charge in [0.05, 0.1) is 0 Å². The fraction of sp³-hybridized carbons (Fsp3) is 0.286. The molecule has 0 unspecified atom stereocenters. The predicted molar refractivity (Wildman–Crippen MR) is 99.5 cm³/mol. The highest BCUT2D eigenvalue weighted by atomic mass is 16.5. The summed E-state index contributed by atoms with van der Waals surface area (Å²) in [7, 11) is 0. The second-order valence-electron chi connectivity index (χ2n) is 6.84. The van der Waals surface area contributed by atoms with Crippen LogP contribution in [0, 0.1) is 5.92 Å². The van der Waals surface area contributed by atoms with Crippen molar-refractivity contribution < 1.29 is 9.32 Å². The third-order valence-corrected chi connectivity index (χ3v) is 4.89. The molecule has 0 saturated carbocycles. The summed E-state index contributed by atoms with van der Waals surface area (Å²) >= 11 is 0. The lowest BCUT2D eigenvalue weighted by molar-refractivity contribution is 0.0697. The number of carbonyl (C=O) groups excluding carboxylic acids is 1. The van der Waals surface area contributed by atoms with Gasteiger partial charge in [0, 0.05) is 29.8 Å². The molecule has 0 bridgehead atoms. The number of carbonyl (C=O) groups is 1. The normalized spacial score (nSPS) is 15.2. The van der Waals surface area contributed by atoms with Crippen LogP contribution < -0.4 is 0 Å². The molecular formula is C21H21N3O2. The first-order chi connectivity index (χ1) is 12.7. The maximum absolute atomic E-state index is 12.8. The first-order valence-corrected chi connectivity index (χ1v) is 8.99. The zero-order valence-electron chi connectivity index (χ0n) is 14.8. The van der Waals surface area contributed by atoms with Crippen molar-refractivity contribution in [3.63, 3.8) is 0 Å². The number of amides is 1. The average Bonchev–Trinajstić information content (AvgIpc) is 3.19. The Kier molecular flexibility index (Phi) is 4.52. The van der Waals surface area contributed by atoms with E-state index in [0.717, 1.165) is 37.1 Å². The Labute approximate surface area is 152 Å². The molecule has 1 fully saturated rings. The Bertz CT molecular complexity index is 896. The lowest BCUT2D eigenvalue weighted by atomic mass is 9.98. The predicted octanol–water partition coefficient (Wildman–Crippen LogP) is 4.28. The van der Waals surface area contributed by atoms with Crippen LogP contribution in [0.15, 0.2) is 59.1 Å². The Morgan fingerprint density at radius 1 is 1.04 bits per heavy atom. The molecule has 2 heterocycles. The first-order valence-electron chi connectivity index (χ1n) is 8.99. The van der Waals surface area contributed by atoms with Crippen LogP contribution in [-0.2, 0) is 0 Å². The summed E-state index contributed by atoms with van der Waals surface area (Å²) < 4.78 is 5.41. The molecule has 1 saturated heterocycles. The molecule has 0 N–H and O–H groups in total. The van der Waals surface area contributed by atoms with Gasteiger partial charge in [0.25, 0.3) is 11.8 Å². The fourth-order valence-corrected chi connectivity index (χ4v) is 3.22. The van der Waals surface area contributed by atoms with Gasteiger partial charge in [0.1, 0.15) is 0 Å². The second-order valence-corrected chi connectivity index (χ2v) is 6.84. The molecule has 1 aliphatic heterocycles. The molecule has 1 amide bonds. The van der Waals surface area contributed by atoms with Crippen molar-refractivity contribution in [1.29, 1.82) is 0 Å². The number of benzene rings is 2. The van der Waals surface area contributed by atoms with Gasteiger partial charge in [-0.05, 0) is 37.0 Å². The SMILES string of the molecule is CC1CCN(C(=O)c2cccc(-c3nc(-c4ccccc4)no3)c2)CC1. The minimum Gasteiger partial charge on any atom is -0.339 e. The van der Waals surface area contributed by atoms with Crippen molar-refractivity contribution in [2.24, 2.45) is 5.92 Å². The molecular weight excluding hydrogens is 326 g/mol. The van der Waals surface area contributed by atoms with E-state index in [1.807, 2.05) is 59.5 Å². The van der Waals surface area contributed by atoms with Gasteiger partial charge < -0.3 is 9.42 Å². The average molecular weight is 347 g/mol. The number of rotatable bonds is 3. The van der Waals surface area contributed by atoms with E-state index in [0.29, 0.717) is 23.2 Å². The largest absolute Gasteiger partial charge is 0.339 e. The molecule has 2 aromatic carbocycles. The zero-order valence-corrected chi connectivity index (χ0v) is 14.8. The van der Waals surface area contributed by atoms with Gasteiger partial charge in [0.2, 0.25) is 5.82 Å². The first kappa shape index (κ1) is 16.5. The third kappa shape index (κ3) is 3.38. The van der Waals surface area contributed by atoms with E-state index >= 15 is 0 Å². The minimum absolute atomic E-state index is 0.0709. The van der Waals surface area contributed by atoms with Crippen molar-refractivity contribution in [3.8, 4) is 22.8 Å². The van der Waals surface area contributed by atoms with E-state index in [9.17, 15) is 4.79 Å². The molecule has 0 spiro atoms. The molecule has 26 heavy (non-hydrogen) atoms. The van der Waals surface area contributed by atoms with Crippen molar-refractivity contribution in [2.75, 3.05) is 13.1 Å². The lowest BCUT2D eigenvalue weighted by Gasteiger charge is -2.30. The molecule has 0 radical (unpaired) electrons. The Balaban J connectivity index is 1.56. The molecule has 5 nitrogen and oxygen atoms in total.